The van der Waals surface area contributed by atoms with Crippen molar-refractivity contribution in [1.82, 2.24) is 9.97 Å². The second-order valence-corrected chi connectivity index (χ2v) is 8.02. The first-order valence-corrected chi connectivity index (χ1v) is 10.8. The van der Waals surface area contributed by atoms with Crippen LogP contribution in [0.1, 0.15) is 24.8 Å². The van der Waals surface area contributed by atoms with E-state index in [4.69, 9.17) is 5.73 Å². The van der Waals surface area contributed by atoms with Crippen LogP contribution in [-0.2, 0) is 4.79 Å². The van der Waals surface area contributed by atoms with Gasteiger partial charge in [0.15, 0.2) is 0 Å². The van der Waals surface area contributed by atoms with Crippen molar-refractivity contribution in [3.63, 3.8) is 0 Å². The predicted octanol–water partition coefficient (Wildman–Crippen LogP) is 3.53. The van der Waals surface area contributed by atoms with Gasteiger partial charge < -0.3 is 21.3 Å². The molecule has 1 fully saturated rings. The van der Waals surface area contributed by atoms with Crippen LogP contribution in [0.4, 0.5) is 22.9 Å². The summed E-state index contributed by atoms with van der Waals surface area (Å²) in [4.78, 5) is 28.5. The molecule has 0 unspecified atom stereocenters. The molecule has 0 radical (unpaired) electrons. The molecule has 0 atom stereocenters. The van der Waals surface area contributed by atoms with Crippen molar-refractivity contribution >= 4 is 34.5 Å². The molecular formula is C24H25N7O. The number of carbonyl (C=O) groups excluding carboxylic acids is 1. The van der Waals surface area contributed by atoms with E-state index in [-0.39, 0.29) is 5.91 Å². The van der Waals surface area contributed by atoms with Gasteiger partial charge in [-0.25, -0.2) is 4.98 Å². The number of nitrogens with zero attached hydrogens (tertiary/aromatic N) is 4. The van der Waals surface area contributed by atoms with Gasteiger partial charge in [-0.2, -0.15) is 0 Å². The zero-order chi connectivity index (χ0) is 21.9. The molecule has 2 aliphatic rings. The summed E-state index contributed by atoms with van der Waals surface area (Å²) < 4.78 is 0. The normalized spacial score (nSPS) is 15.4. The minimum absolute atomic E-state index is 0.261. The molecule has 0 spiro atoms. The molecule has 1 amide bonds. The highest BCUT2D eigenvalue weighted by molar-refractivity contribution is 6.50. The number of nitrogen functional groups attached to an aromatic ring is 1. The van der Waals surface area contributed by atoms with Crippen molar-refractivity contribution < 1.29 is 4.79 Å². The van der Waals surface area contributed by atoms with Crippen LogP contribution in [0.15, 0.2) is 60.0 Å². The molecule has 0 saturated carbocycles. The van der Waals surface area contributed by atoms with Gasteiger partial charge in [0.2, 0.25) is 0 Å². The van der Waals surface area contributed by atoms with Crippen LogP contribution in [0.5, 0.6) is 0 Å². The summed E-state index contributed by atoms with van der Waals surface area (Å²) >= 11 is 0. The van der Waals surface area contributed by atoms with E-state index in [9.17, 15) is 4.79 Å². The Morgan fingerprint density at radius 2 is 1.88 bits per heavy atom. The first kappa shape index (κ1) is 20.0. The van der Waals surface area contributed by atoms with Crippen LogP contribution in [-0.4, -0.2) is 41.3 Å². The number of piperidine rings is 1. The van der Waals surface area contributed by atoms with Crippen molar-refractivity contribution in [2.24, 2.45) is 4.99 Å². The second kappa shape index (κ2) is 8.66. The highest BCUT2D eigenvalue weighted by Crippen LogP contribution is 2.28. The van der Waals surface area contributed by atoms with Crippen LogP contribution in [0.25, 0.3) is 11.1 Å². The summed E-state index contributed by atoms with van der Waals surface area (Å²) in [5, 5.41) is 6.16. The van der Waals surface area contributed by atoms with E-state index in [1.165, 1.54) is 19.3 Å². The molecule has 8 nitrogen and oxygen atoms in total. The molecule has 4 N–H and O–H groups in total. The number of benzene rings is 1. The quantitative estimate of drug-likeness (QED) is 0.588. The van der Waals surface area contributed by atoms with Gasteiger partial charge in [0.1, 0.15) is 18.2 Å². The van der Waals surface area contributed by atoms with E-state index < -0.39 is 0 Å². The number of nitrogens with one attached hydrogen (secondary N) is 2. The Bertz CT molecular complexity index is 1170. The van der Waals surface area contributed by atoms with Crippen LogP contribution in [0.2, 0.25) is 0 Å². The van der Waals surface area contributed by atoms with Crippen molar-refractivity contribution in [3.8, 4) is 11.1 Å². The molecule has 4 heterocycles. The van der Waals surface area contributed by atoms with Gasteiger partial charge in [0, 0.05) is 42.3 Å². The standard InChI is InChI=1S/C24H25N7O/c25-18-10-17(12-26-13-18)16-4-6-21-20(11-16)23(29-15-28-21)24(32)30-19-5-7-22(27-14-19)31-8-2-1-3-9-31/h4-7,10-14,28H,1-3,8-9,15,25H2,(H,30,32). The third kappa shape index (κ3) is 4.12. The van der Waals surface area contributed by atoms with Gasteiger partial charge in [0.25, 0.3) is 5.91 Å². The monoisotopic (exact) mass is 427 g/mol. The molecule has 0 bridgehead atoms. The van der Waals surface area contributed by atoms with Crippen molar-refractivity contribution in [1.29, 1.82) is 0 Å². The molecule has 1 saturated heterocycles. The van der Waals surface area contributed by atoms with Gasteiger partial charge in [-0.3, -0.25) is 14.8 Å². The Morgan fingerprint density at radius 3 is 2.66 bits per heavy atom. The van der Waals surface area contributed by atoms with E-state index in [1.54, 1.807) is 18.6 Å². The number of hydrogen-bond acceptors (Lipinski definition) is 7. The molecule has 1 aromatic carbocycles. The fourth-order valence-electron chi connectivity index (χ4n) is 4.13. The maximum atomic E-state index is 13.1. The number of rotatable bonds is 4. The second-order valence-electron chi connectivity index (χ2n) is 8.02. The third-order valence-electron chi connectivity index (χ3n) is 5.77. The van der Waals surface area contributed by atoms with Crippen LogP contribution in [0, 0.1) is 0 Å². The number of pyridine rings is 2. The topological polar surface area (TPSA) is 109 Å². The number of amides is 1. The van der Waals surface area contributed by atoms with Gasteiger partial charge in [-0.15, -0.1) is 0 Å². The summed E-state index contributed by atoms with van der Waals surface area (Å²) in [5.41, 5.74) is 10.9. The lowest BCUT2D eigenvalue weighted by Crippen LogP contribution is -2.30. The van der Waals surface area contributed by atoms with E-state index in [0.717, 1.165) is 41.3 Å². The Labute approximate surface area is 186 Å². The van der Waals surface area contributed by atoms with Crippen molar-refractivity contribution in [2.45, 2.75) is 19.3 Å². The smallest absolute Gasteiger partial charge is 0.274 e. The lowest BCUT2D eigenvalue weighted by atomic mass is 9.98. The molecule has 32 heavy (non-hydrogen) atoms. The maximum Gasteiger partial charge on any atom is 0.274 e. The van der Waals surface area contributed by atoms with Gasteiger partial charge in [0.05, 0.1) is 17.6 Å². The number of nitrogens with two attached hydrogens (primary N) is 1. The maximum absolute atomic E-state index is 13.1. The first-order valence-electron chi connectivity index (χ1n) is 10.8. The van der Waals surface area contributed by atoms with Crippen LogP contribution < -0.4 is 21.3 Å². The molecule has 2 aliphatic heterocycles. The average molecular weight is 428 g/mol. The summed E-state index contributed by atoms with van der Waals surface area (Å²) in [5.74, 6) is 0.691. The molecule has 162 valence electrons. The van der Waals surface area contributed by atoms with Crippen molar-refractivity contribution in [3.05, 3.63) is 60.6 Å². The highest BCUT2D eigenvalue weighted by Gasteiger charge is 2.22. The minimum Gasteiger partial charge on any atom is -0.397 e. The van der Waals surface area contributed by atoms with Crippen molar-refractivity contribution in [2.75, 3.05) is 41.0 Å². The number of aliphatic imine (C=N–C) groups is 1. The Balaban J connectivity index is 1.36. The molecule has 2 aromatic heterocycles. The number of carbonyl (C=O) groups is 1. The molecule has 3 aromatic rings. The SMILES string of the molecule is Nc1cncc(-c2ccc3c(c2)C(C(=O)Nc2ccc(N4CCCCC4)nc2)=NCN3)c1. The number of hydrogen-bond donors (Lipinski definition) is 3. The Hall–Kier alpha value is -3.94. The number of aromatic nitrogens is 2. The fourth-order valence-corrected chi connectivity index (χ4v) is 4.13. The zero-order valence-electron chi connectivity index (χ0n) is 17.7. The largest absolute Gasteiger partial charge is 0.397 e. The van der Waals surface area contributed by atoms with E-state index in [0.29, 0.717) is 23.8 Å². The summed E-state index contributed by atoms with van der Waals surface area (Å²) in [6, 6.07) is 11.6. The highest BCUT2D eigenvalue weighted by atomic mass is 16.1. The van der Waals surface area contributed by atoms with Crippen LogP contribution >= 0.6 is 0 Å². The molecule has 5 rings (SSSR count). The van der Waals surface area contributed by atoms with Crippen LogP contribution in [0.3, 0.4) is 0 Å². The van der Waals surface area contributed by atoms with Gasteiger partial charge >= 0.3 is 0 Å². The zero-order valence-corrected chi connectivity index (χ0v) is 17.7. The lowest BCUT2D eigenvalue weighted by molar-refractivity contribution is -0.110. The Morgan fingerprint density at radius 1 is 1.00 bits per heavy atom. The summed E-state index contributed by atoms with van der Waals surface area (Å²) in [7, 11) is 0. The van der Waals surface area contributed by atoms with Gasteiger partial charge in [-0.05, 0) is 55.2 Å². The Kier molecular flexibility index (Phi) is 5.41. The predicted molar refractivity (Wildman–Crippen MR) is 128 cm³/mol. The number of anilines is 4. The number of fused-ring (bicyclic) bond motifs is 1. The summed E-state index contributed by atoms with van der Waals surface area (Å²) in [6.45, 7) is 2.41. The molecule has 8 heteroatoms. The van der Waals surface area contributed by atoms with E-state index >= 15 is 0 Å². The van der Waals surface area contributed by atoms with E-state index in [1.807, 2.05) is 36.4 Å². The molecule has 0 aliphatic carbocycles. The van der Waals surface area contributed by atoms with Gasteiger partial charge in [-0.1, -0.05) is 6.07 Å². The van der Waals surface area contributed by atoms with E-state index in [2.05, 4.69) is 30.5 Å². The molecular weight excluding hydrogens is 402 g/mol. The average Bonchev–Trinajstić information content (AvgIpc) is 2.84. The third-order valence-corrected chi connectivity index (χ3v) is 5.77. The minimum atomic E-state index is -0.261. The fraction of sp³-hybridized carbons (Fsp3) is 0.250. The first-order chi connectivity index (χ1) is 15.7. The summed E-state index contributed by atoms with van der Waals surface area (Å²) in [6.07, 6.45) is 8.73. The lowest BCUT2D eigenvalue weighted by Gasteiger charge is -2.27.